The predicted octanol–water partition coefficient (Wildman–Crippen LogP) is 3.84. The Bertz CT molecular complexity index is 559. The highest BCUT2D eigenvalue weighted by atomic mass is 35.5. The molecule has 0 fully saturated rings. The zero-order valence-corrected chi connectivity index (χ0v) is 10.7. The van der Waals surface area contributed by atoms with Gasteiger partial charge < -0.3 is 5.32 Å². The van der Waals surface area contributed by atoms with Crippen LogP contribution in [0, 0.1) is 11.3 Å². The lowest BCUT2D eigenvalue weighted by molar-refractivity contribution is 0.895. The Morgan fingerprint density at radius 3 is 2.94 bits per heavy atom. The number of pyridine rings is 1. The van der Waals surface area contributed by atoms with Gasteiger partial charge in [-0.3, -0.25) is 0 Å². The van der Waals surface area contributed by atoms with Gasteiger partial charge in [0.25, 0.3) is 0 Å². The van der Waals surface area contributed by atoms with Crippen molar-refractivity contribution in [2.24, 2.45) is 0 Å². The van der Waals surface area contributed by atoms with Crippen molar-refractivity contribution < 1.29 is 0 Å². The number of anilines is 1. The summed E-state index contributed by atoms with van der Waals surface area (Å²) < 4.78 is 0.759. The van der Waals surface area contributed by atoms with Crippen molar-refractivity contribution in [3.8, 4) is 6.07 Å². The minimum Gasteiger partial charge on any atom is -0.362 e. The van der Waals surface area contributed by atoms with Gasteiger partial charge in [-0.1, -0.05) is 11.6 Å². The van der Waals surface area contributed by atoms with E-state index in [1.165, 1.54) is 11.3 Å². The second-order valence-corrected chi connectivity index (χ2v) is 5.27. The van der Waals surface area contributed by atoms with Crippen molar-refractivity contribution in [1.29, 1.82) is 5.26 Å². The Morgan fingerprint density at radius 1 is 1.47 bits per heavy atom. The number of nitrogens with zero attached hydrogens (tertiary/aromatic N) is 2. The van der Waals surface area contributed by atoms with E-state index in [1.54, 1.807) is 18.3 Å². The number of aromatic nitrogens is 1. The molecule has 0 radical (unpaired) electrons. The third-order valence-electron chi connectivity index (χ3n) is 2.30. The molecule has 0 saturated heterocycles. The van der Waals surface area contributed by atoms with Crippen LogP contribution in [0.3, 0.4) is 0 Å². The van der Waals surface area contributed by atoms with Gasteiger partial charge in [0, 0.05) is 11.1 Å². The van der Waals surface area contributed by atoms with Crippen LogP contribution in [0.5, 0.6) is 0 Å². The maximum Gasteiger partial charge on any atom is 0.144 e. The quantitative estimate of drug-likeness (QED) is 0.915. The van der Waals surface area contributed by atoms with E-state index in [1.807, 2.05) is 19.1 Å². The number of thiophene rings is 1. The molecule has 0 aliphatic carbocycles. The fraction of sp³-hybridized carbons (Fsp3) is 0.167. The van der Waals surface area contributed by atoms with Crippen LogP contribution >= 0.6 is 22.9 Å². The number of halogens is 1. The Kier molecular flexibility index (Phi) is 3.62. The van der Waals surface area contributed by atoms with Gasteiger partial charge in [0.2, 0.25) is 0 Å². The van der Waals surface area contributed by atoms with Gasteiger partial charge in [-0.05, 0) is 31.2 Å². The van der Waals surface area contributed by atoms with Crippen LogP contribution in [-0.2, 0) is 0 Å². The van der Waals surface area contributed by atoms with Crippen LogP contribution in [-0.4, -0.2) is 4.98 Å². The second kappa shape index (κ2) is 5.17. The first-order valence-electron chi connectivity index (χ1n) is 5.07. The molecule has 2 rings (SSSR count). The average molecular weight is 264 g/mol. The molecule has 1 N–H and O–H groups in total. The van der Waals surface area contributed by atoms with Crippen molar-refractivity contribution in [3.63, 3.8) is 0 Å². The summed E-state index contributed by atoms with van der Waals surface area (Å²) in [6.45, 7) is 2.01. The summed E-state index contributed by atoms with van der Waals surface area (Å²) in [5, 5.41) is 12.2. The summed E-state index contributed by atoms with van der Waals surface area (Å²) in [5.74, 6) is 0.604. The fourth-order valence-electron chi connectivity index (χ4n) is 1.45. The fourth-order valence-corrected chi connectivity index (χ4v) is 2.51. The van der Waals surface area contributed by atoms with Gasteiger partial charge in [0.15, 0.2) is 0 Å². The molecule has 0 aliphatic rings. The molecule has 17 heavy (non-hydrogen) atoms. The normalized spacial score (nSPS) is 11.8. The number of nitriles is 1. The van der Waals surface area contributed by atoms with Gasteiger partial charge in [0.1, 0.15) is 11.9 Å². The third-order valence-corrected chi connectivity index (χ3v) is 3.72. The SMILES string of the molecule is CC(Nc1ncccc1C#N)c1ccc(Cl)s1. The summed E-state index contributed by atoms with van der Waals surface area (Å²) in [7, 11) is 0. The molecule has 0 saturated carbocycles. The standard InChI is InChI=1S/C12H10ClN3S/c1-8(10-4-5-11(13)17-10)16-12-9(7-14)3-2-6-15-12/h2-6,8H,1H3,(H,15,16). The number of hydrogen-bond acceptors (Lipinski definition) is 4. The van der Waals surface area contributed by atoms with Crippen molar-refractivity contribution in [2.45, 2.75) is 13.0 Å². The molecule has 0 spiro atoms. The highest BCUT2D eigenvalue weighted by molar-refractivity contribution is 7.16. The summed E-state index contributed by atoms with van der Waals surface area (Å²) >= 11 is 7.41. The van der Waals surface area contributed by atoms with Gasteiger partial charge in [-0.25, -0.2) is 4.98 Å². The molecule has 2 heterocycles. The van der Waals surface area contributed by atoms with E-state index in [0.29, 0.717) is 11.4 Å². The molecular weight excluding hydrogens is 254 g/mol. The van der Waals surface area contributed by atoms with E-state index in [2.05, 4.69) is 16.4 Å². The summed E-state index contributed by atoms with van der Waals surface area (Å²) in [6, 6.07) is 9.51. The Morgan fingerprint density at radius 2 is 2.29 bits per heavy atom. The van der Waals surface area contributed by atoms with Gasteiger partial charge in [-0.2, -0.15) is 5.26 Å². The lowest BCUT2D eigenvalue weighted by atomic mass is 10.2. The smallest absolute Gasteiger partial charge is 0.144 e. The van der Waals surface area contributed by atoms with Crippen LogP contribution in [0.25, 0.3) is 0 Å². The van der Waals surface area contributed by atoms with Crippen LogP contribution in [0.2, 0.25) is 4.34 Å². The van der Waals surface area contributed by atoms with Crippen molar-refractivity contribution in [3.05, 3.63) is 45.2 Å². The molecule has 3 nitrogen and oxygen atoms in total. The van der Waals surface area contributed by atoms with Crippen molar-refractivity contribution >= 4 is 28.8 Å². The summed E-state index contributed by atoms with van der Waals surface area (Å²) in [5.41, 5.74) is 0.544. The van der Waals surface area contributed by atoms with Crippen LogP contribution in [0.1, 0.15) is 23.4 Å². The maximum atomic E-state index is 8.96. The summed E-state index contributed by atoms with van der Waals surface area (Å²) in [4.78, 5) is 5.28. The number of hydrogen-bond donors (Lipinski definition) is 1. The van der Waals surface area contributed by atoms with Gasteiger partial charge in [0.05, 0.1) is 15.9 Å². The van der Waals surface area contributed by atoms with E-state index < -0.39 is 0 Å². The van der Waals surface area contributed by atoms with E-state index in [0.717, 1.165) is 9.21 Å². The Hall–Kier alpha value is -1.57. The van der Waals surface area contributed by atoms with Crippen LogP contribution < -0.4 is 5.32 Å². The Balaban J connectivity index is 2.19. The molecule has 2 aromatic heterocycles. The predicted molar refractivity (Wildman–Crippen MR) is 70.3 cm³/mol. The zero-order valence-electron chi connectivity index (χ0n) is 9.14. The largest absolute Gasteiger partial charge is 0.362 e. The molecule has 0 bridgehead atoms. The molecule has 0 aliphatic heterocycles. The van der Waals surface area contributed by atoms with Gasteiger partial charge >= 0.3 is 0 Å². The molecule has 5 heteroatoms. The zero-order chi connectivity index (χ0) is 12.3. The second-order valence-electron chi connectivity index (χ2n) is 3.52. The molecule has 1 atom stereocenters. The number of nitrogens with one attached hydrogen (secondary N) is 1. The molecule has 0 amide bonds. The Labute approximate surface area is 109 Å². The third kappa shape index (κ3) is 2.76. The molecule has 86 valence electrons. The van der Waals surface area contributed by atoms with E-state index in [9.17, 15) is 0 Å². The molecule has 0 aromatic carbocycles. The molecule has 1 unspecified atom stereocenters. The van der Waals surface area contributed by atoms with Crippen LogP contribution in [0.4, 0.5) is 5.82 Å². The minimum absolute atomic E-state index is 0.0782. The minimum atomic E-state index is 0.0782. The topological polar surface area (TPSA) is 48.7 Å². The van der Waals surface area contributed by atoms with Crippen LogP contribution in [0.15, 0.2) is 30.5 Å². The first kappa shape index (κ1) is 11.9. The van der Waals surface area contributed by atoms with Crippen molar-refractivity contribution in [2.75, 3.05) is 5.32 Å². The first-order chi connectivity index (χ1) is 8.20. The molecular formula is C12H10ClN3S. The van der Waals surface area contributed by atoms with Gasteiger partial charge in [-0.15, -0.1) is 11.3 Å². The monoisotopic (exact) mass is 263 g/mol. The highest BCUT2D eigenvalue weighted by Gasteiger charge is 2.10. The highest BCUT2D eigenvalue weighted by Crippen LogP contribution is 2.29. The first-order valence-corrected chi connectivity index (χ1v) is 6.27. The lowest BCUT2D eigenvalue weighted by Crippen LogP contribution is -2.07. The van der Waals surface area contributed by atoms with Crippen molar-refractivity contribution in [1.82, 2.24) is 4.98 Å². The van der Waals surface area contributed by atoms with E-state index in [-0.39, 0.29) is 6.04 Å². The summed E-state index contributed by atoms with van der Waals surface area (Å²) in [6.07, 6.45) is 1.66. The lowest BCUT2D eigenvalue weighted by Gasteiger charge is -2.13. The molecule has 2 aromatic rings. The number of rotatable bonds is 3. The average Bonchev–Trinajstić information content (AvgIpc) is 2.77. The maximum absolute atomic E-state index is 8.96. The van der Waals surface area contributed by atoms with E-state index in [4.69, 9.17) is 16.9 Å². The van der Waals surface area contributed by atoms with E-state index >= 15 is 0 Å².